The third-order valence-electron chi connectivity index (χ3n) is 3.70. The van der Waals surface area contributed by atoms with Gasteiger partial charge in [-0.2, -0.15) is 0 Å². The van der Waals surface area contributed by atoms with Crippen LogP contribution in [0.4, 0.5) is 0 Å². The normalized spacial score (nSPS) is 36.2. The fourth-order valence-electron chi connectivity index (χ4n) is 2.27. The summed E-state index contributed by atoms with van der Waals surface area (Å²) in [4.78, 5) is 2.41. The molecule has 0 aromatic rings. The van der Waals surface area contributed by atoms with Crippen molar-refractivity contribution in [1.29, 1.82) is 0 Å². The second-order valence-electron chi connectivity index (χ2n) is 4.94. The standard InChI is InChI=1S/C11H21NO3/c1-9-10(2)15-4-3-12(9)5-11(6-13)7-14-8-11/h9-10,13H,3-8H2,1-2H3. The van der Waals surface area contributed by atoms with Gasteiger partial charge in [-0.1, -0.05) is 0 Å². The summed E-state index contributed by atoms with van der Waals surface area (Å²) in [7, 11) is 0. The first kappa shape index (κ1) is 11.3. The molecule has 2 aliphatic heterocycles. The van der Waals surface area contributed by atoms with Crippen LogP contribution in [0.5, 0.6) is 0 Å². The van der Waals surface area contributed by atoms with Gasteiger partial charge in [-0.25, -0.2) is 0 Å². The first-order chi connectivity index (χ1) is 7.17. The Balaban J connectivity index is 1.92. The first-order valence-corrected chi connectivity index (χ1v) is 5.71. The number of nitrogens with zero attached hydrogens (tertiary/aromatic N) is 1. The molecule has 0 aromatic carbocycles. The zero-order valence-electron chi connectivity index (χ0n) is 9.61. The van der Waals surface area contributed by atoms with Gasteiger partial charge in [0.25, 0.3) is 0 Å². The van der Waals surface area contributed by atoms with Crippen molar-refractivity contribution < 1.29 is 14.6 Å². The van der Waals surface area contributed by atoms with E-state index in [4.69, 9.17) is 9.47 Å². The molecule has 2 unspecified atom stereocenters. The largest absolute Gasteiger partial charge is 0.396 e. The minimum absolute atomic E-state index is 0.00861. The van der Waals surface area contributed by atoms with Crippen LogP contribution < -0.4 is 0 Å². The highest BCUT2D eigenvalue weighted by Gasteiger charge is 2.41. The Hall–Kier alpha value is -0.160. The number of aliphatic hydroxyl groups is 1. The maximum absolute atomic E-state index is 9.38. The summed E-state index contributed by atoms with van der Waals surface area (Å²) in [5, 5.41) is 9.38. The molecule has 0 amide bonds. The number of hydrogen-bond acceptors (Lipinski definition) is 4. The lowest BCUT2D eigenvalue weighted by atomic mass is 9.85. The summed E-state index contributed by atoms with van der Waals surface area (Å²) in [6, 6.07) is 0.433. The molecule has 2 rings (SSSR count). The van der Waals surface area contributed by atoms with Crippen LogP contribution >= 0.6 is 0 Å². The van der Waals surface area contributed by atoms with Crippen molar-refractivity contribution >= 4 is 0 Å². The summed E-state index contributed by atoms with van der Waals surface area (Å²) in [5.74, 6) is 0. The fourth-order valence-corrected chi connectivity index (χ4v) is 2.27. The van der Waals surface area contributed by atoms with Crippen LogP contribution in [0.2, 0.25) is 0 Å². The zero-order chi connectivity index (χ0) is 10.9. The second-order valence-corrected chi connectivity index (χ2v) is 4.94. The van der Waals surface area contributed by atoms with Crippen molar-refractivity contribution in [1.82, 2.24) is 4.90 Å². The Kier molecular flexibility index (Phi) is 3.30. The molecule has 0 radical (unpaired) electrons. The van der Waals surface area contributed by atoms with Gasteiger partial charge < -0.3 is 14.6 Å². The van der Waals surface area contributed by atoms with Gasteiger partial charge in [-0.3, -0.25) is 4.90 Å². The molecule has 2 atom stereocenters. The van der Waals surface area contributed by atoms with E-state index in [-0.39, 0.29) is 18.1 Å². The SMILES string of the molecule is CC1OCCN(CC2(CO)COC2)C1C. The maximum Gasteiger partial charge on any atom is 0.0700 e. The molecule has 2 aliphatic rings. The van der Waals surface area contributed by atoms with Crippen LogP contribution in [0.15, 0.2) is 0 Å². The number of morpholine rings is 1. The molecule has 15 heavy (non-hydrogen) atoms. The lowest BCUT2D eigenvalue weighted by Crippen LogP contribution is -2.58. The molecule has 0 saturated carbocycles. The summed E-state index contributed by atoms with van der Waals surface area (Å²) in [6.07, 6.45) is 0.287. The molecule has 2 saturated heterocycles. The molecule has 88 valence electrons. The molecule has 2 fully saturated rings. The highest BCUT2D eigenvalue weighted by Crippen LogP contribution is 2.29. The fraction of sp³-hybridized carbons (Fsp3) is 1.00. The molecule has 0 spiro atoms. The van der Waals surface area contributed by atoms with Crippen molar-refractivity contribution in [2.24, 2.45) is 5.41 Å². The highest BCUT2D eigenvalue weighted by atomic mass is 16.5. The zero-order valence-corrected chi connectivity index (χ0v) is 9.61. The molecular formula is C11H21NO3. The van der Waals surface area contributed by atoms with Gasteiger partial charge in [-0.15, -0.1) is 0 Å². The van der Waals surface area contributed by atoms with Gasteiger partial charge in [0, 0.05) is 19.1 Å². The van der Waals surface area contributed by atoms with E-state index in [1.165, 1.54) is 0 Å². The highest BCUT2D eigenvalue weighted by molar-refractivity contribution is 4.91. The van der Waals surface area contributed by atoms with Gasteiger partial charge in [0.15, 0.2) is 0 Å². The van der Waals surface area contributed by atoms with Crippen molar-refractivity contribution in [3.05, 3.63) is 0 Å². The van der Waals surface area contributed by atoms with E-state index in [0.717, 1.165) is 19.7 Å². The summed E-state index contributed by atoms with van der Waals surface area (Å²) >= 11 is 0. The quantitative estimate of drug-likeness (QED) is 0.725. The molecule has 4 heteroatoms. The molecule has 1 N–H and O–H groups in total. The van der Waals surface area contributed by atoms with Crippen LogP contribution in [0.1, 0.15) is 13.8 Å². The van der Waals surface area contributed by atoms with Crippen LogP contribution in [0, 0.1) is 5.41 Å². The lowest BCUT2D eigenvalue weighted by molar-refractivity contribution is -0.164. The number of aliphatic hydroxyl groups excluding tert-OH is 1. The summed E-state index contributed by atoms with van der Waals surface area (Å²) in [5.41, 5.74) is -0.00861. The Morgan fingerprint density at radius 2 is 2.13 bits per heavy atom. The Morgan fingerprint density at radius 3 is 2.67 bits per heavy atom. The average Bonchev–Trinajstić information content (AvgIpc) is 2.18. The Morgan fingerprint density at radius 1 is 1.40 bits per heavy atom. The third-order valence-corrected chi connectivity index (χ3v) is 3.70. The van der Waals surface area contributed by atoms with Crippen molar-refractivity contribution in [3.63, 3.8) is 0 Å². The minimum atomic E-state index is -0.00861. The minimum Gasteiger partial charge on any atom is -0.396 e. The van der Waals surface area contributed by atoms with Crippen LogP contribution in [0.25, 0.3) is 0 Å². The van der Waals surface area contributed by atoms with Crippen molar-refractivity contribution in [2.45, 2.75) is 26.0 Å². The smallest absolute Gasteiger partial charge is 0.0700 e. The van der Waals surface area contributed by atoms with Gasteiger partial charge in [0.1, 0.15) is 0 Å². The van der Waals surface area contributed by atoms with Crippen molar-refractivity contribution in [3.8, 4) is 0 Å². The first-order valence-electron chi connectivity index (χ1n) is 5.71. The van der Waals surface area contributed by atoms with E-state index in [1.54, 1.807) is 0 Å². The van der Waals surface area contributed by atoms with Crippen LogP contribution in [-0.4, -0.2) is 61.7 Å². The van der Waals surface area contributed by atoms with E-state index < -0.39 is 0 Å². The number of hydrogen-bond donors (Lipinski definition) is 1. The predicted octanol–water partition coefficient (Wildman–Crippen LogP) is 0.104. The number of ether oxygens (including phenoxy) is 2. The predicted molar refractivity (Wildman–Crippen MR) is 56.8 cm³/mol. The Labute approximate surface area is 91.2 Å². The van der Waals surface area contributed by atoms with E-state index in [1.807, 2.05) is 0 Å². The van der Waals surface area contributed by atoms with Gasteiger partial charge in [-0.05, 0) is 13.8 Å². The topological polar surface area (TPSA) is 41.9 Å². The van der Waals surface area contributed by atoms with Crippen molar-refractivity contribution in [2.75, 3.05) is 39.5 Å². The molecule has 4 nitrogen and oxygen atoms in total. The second kappa shape index (κ2) is 4.37. The lowest BCUT2D eigenvalue weighted by Gasteiger charge is -2.47. The van der Waals surface area contributed by atoms with E-state index >= 15 is 0 Å². The van der Waals surface area contributed by atoms with Gasteiger partial charge in [0.2, 0.25) is 0 Å². The van der Waals surface area contributed by atoms with Crippen LogP contribution in [0.3, 0.4) is 0 Å². The van der Waals surface area contributed by atoms with E-state index in [0.29, 0.717) is 19.3 Å². The van der Waals surface area contributed by atoms with Gasteiger partial charge in [0.05, 0.1) is 37.9 Å². The Bertz CT molecular complexity index is 212. The molecule has 0 aromatic heterocycles. The molecule has 2 heterocycles. The van der Waals surface area contributed by atoms with E-state index in [9.17, 15) is 5.11 Å². The average molecular weight is 215 g/mol. The maximum atomic E-state index is 9.38. The molecule has 0 bridgehead atoms. The summed E-state index contributed by atoms with van der Waals surface area (Å²) < 4.78 is 10.8. The van der Waals surface area contributed by atoms with Gasteiger partial charge >= 0.3 is 0 Å². The summed E-state index contributed by atoms with van der Waals surface area (Å²) in [6.45, 7) is 8.61. The third kappa shape index (κ3) is 2.18. The monoisotopic (exact) mass is 215 g/mol. The molecule has 0 aliphatic carbocycles. The number of rotatable bonds is 3. The molecular weight excluding hydrogens is 194 g/mol. The van der Waals surface area contributed by atoms with E-state index in [2.05, 4.69) is 18.7 Å². The van der Waals surface area contributed by atoms with Crippen LogP contribution in [-0.2, 0) is 9.47 Å².